The van der Waals surface area contributed by atoms with Gasteiger partial charge in [0.1, 0.15) is 0 Å². The third kappa shape index (κ3) is 5.04. The number of nitrogens with zero attached hydrogens (tertiary/aromatic N) is 1. The Morgan fingerprint density at radius 1 is 1.53 bits per heavy atom. The fourth-order valence-electron chi connectivity index (χ4n) is 1.18. The molecule has 0 aliphatic heterocycles. The molecule has 1 N–H and O–H groups in total. The van der Waals surface area contributed by atoms with Gasteiger partial charge in [-0.2, -0.15) is 0 Å². The molecule has 0 saturated carbocycles. The first-order valence-electron chi connectivity index (χ1n) is 5.05. The van der Waals surface area contributed by atoms with Crippen molar-refractivity contribution in [3.05, 3.63) is 28.5 Å². The van der Waals surface area contributed by atoms with Crippen molar-refractivity contribution in [1.82, 2.24) is 10.3 Å². The average molecular weight is 271 g/mol. The Balaban J connectivity index is 2.34. The van der Waals surface area contributed by atoms with Gasteiger partial charge >= 0.3 is 0 Å². The van der Waals surface area contributed by atoms with E-state index in [9.17, 15) is 4.79 Å². The van der Waals surface area contributed by atoms with E-state index in [4.69, 9.17) is 0 Å². The zero-order chi connectivity index (χ0) is 11.1. The van der Waals surface area contributed by atoms with Crippen LogP contribution in [0.25, 0.3) is 0 Å². The topological polar surface area (TPSA) is 42.0 Å². The molecule has 82 valence electrons. The summed E-state index contributed by atoms with van der Waals surface area (Å²) in [5.74, 6) is 0.179. The molecule has 1 aromatic rings. The van der Waals surface area contributed by atoms with E-state index in [0.717, 1.165) is 23.1 Å². The molecule has 4 heteroatoms. The van der Waals surface area contributed by atoms with Crippen LogP contribution >= 0.6 is 15.9 Å². The number of hydrogen-bond donors (Lipinski definition) is 1. The number of rotatable bonds is 6. The zero-order valence-electron chi connectivity index (χ0n) is 8.79. The summed E-state index contributed by atoms with van der Waals surface area (Å²) < 4.78 is 0.933. The van der Waals surface area contributed by atoms with Crippen LogP contribution in [0.4, 0.5) is 0 Å². The van der Waals surface area contributed by atoms with Crippen LogP contribution in [0.2, 0.25) is 0 Å². The molecule has 0 saturated heterocycles. The maximum atomic E-state index is 11.5. The van der Waals surface area contributed by atoms with Crippen molar-refractivity contribution in [2.75, 3.05) is 13.1 Å². The minimum atomic E-state index is 0.179. The van der Waals surface area contributed by atoms with Gasteiger partial charge in [0.25, 0.3) is 0 Å². The van der Waals surface area contributed by atoms with Crippen molar-refractivity contribution in [3.63, 3.8) is 0 Å². The highest BCUT2D eigenvalue weighted by atomic mass is 79.9. The first-order valence-corrected chi connectivity index (χ1v) is 5.84. The van der Waals surface area contributed by atoms with E-state index in [-0.39, 0.29) is 5.78 Å². The van der Waals surface area contributed by atoms with E-state index >= 15 is 0 Å². The third-order valence-corrected chi connectivity index (χ3v) is 2.38. The molecule has 0 radical (unpaired) electrons. The summed E-state index contributed by atoms with van der Waals surface area (Å²) in [6.45, 7) is 3.40. The summed E-state index contributed by atoms with van der Waals surface area (Å²) in [5.41, 5.74) is 0.821. The van der Waals surface area contributed by atoms with Crippen LogP contribution in [-0.2, 0) is 11.2 Å². The normalized spacial score (nSPS) is 10.3. The maximum absolute atomic E-state index is 11.5. The van der Waals surface area contributed by atoms with Gasteiger partial charge in [0.05, 0.1) is 13.0 Å². The lowest BCUT2D eigenvalue weighted by Gasteiger charge is -2.02. The lowest BCUT2D eigenvalue weighted by atomic mass is 10.2. The Morgan fingerprint density at radius 2 is 2.33 bits per heavy atom. The first kappa shape index (κ1) is 12.3. The lowest BCUT2D eigenvalue weighted by molar-refractivity contribution is -0.117. The lowest BCUT2D eigenvalue weighted by Crippen LogP contribution is -2.25. The van der Waals surface area contributed by atoms with E-state index in [1.54, 1.807) is 6.20 Å². The largest absolute Gasteiger partial charge is 0.310 e. The Hall–Kier alpha value is -0.740. The molecule has 0 aliphatic carbocycles. The molecule has 15 heavy (non-hydrogen) atoms. The van der Waals surface area contributed by atoms with Gasteiger partial charge in [0, 0.05) is 16.4 Å². The van der Waals surface area contributed by atoms with Crippen LogP contribution in [0.3, 0.4) is 0 Å². The Bertz CT molecular complexity index is 311. The van der Waals surface area contributed by atoms with Crippen LogP contribution in [0.5, 0.6) is 0 Å². The first-order chi connectivity index (χ1) is 7.22. The van der Waals surface area contributed by atoms with Gasteiger partial charge in [-0.3, -0.25) is 9.78 Å². The predicted octanol–water partition coefficient (Wildman–Crippen LogP) is 1.96. The Labute approximate surface area is 98.4 Å². The highest BCUT2D eigenvalue weighted by Crippen LogP contribution is 2.07. The molecule has 0 amide bonds. The van der Waals surface area contributed by atoms with Gasteiger partial charge in [-0.1, -0.05) is 6.92 Å². The third-order valence-electron chi connectivity index (χ3n) is 1.92. The molecule has 1 heterocycles. The number of carbonyl (C=O) groups excluding carboxylic acids is 1. The van der Waals surface area contributed by atoms with Gasteiger partial charge in [-0.25, -0.2) is 0 Å². The van der Waals surface area contributed by atoms with E-state index < -0.39 is 0 Å². The van der Waals surface area contributed by atoms with Crippen LogP contribution in [0, 0.1) is 0 Å². The summed E-state index contributed by atoms with van der Waals surface area (Å²) in [6, 6.07) is 3.76. The molecule has 0 spiro atoms. The SMILES string of the molecule is CCCNCC(=O)Cc1ccc(Br)cn1. The number of halogens is 1. The average Bonchev–Trinajstić information content (AvgIpc) is 2.22. The number of hydrogen-bond acceptors (Lipinski definition) is 3. The Morgan fingerprint density at radius 3 is 2.93 bits per heavy atom. The maximum Gasteiger partial charge on any atom is 0.152 e. The van der Waals surface area contributed by atoms with E-state index in [2.05, 4.69) is 33.2 Å². The van der Waals surface area contributed by atoms with Gasteiger partial charge in [0.2, 0.25) is 0 Å². The van der Waals surface area contributed by atoms with Crippen molar-refractivity contribution >= 4 is 21.7 Å². The summed E-state index contributed by atoms with van der Waals surface area (Å²) >= 11 is 3.30. The smallest absolute Gasteiger partial charge is 0.152 e. The molecule has 0 unspecified atom stereocenters. The quantitative estimate of drug-likeness (QED) is 0.804. The minimum Gasteiger partial charge on any atom is -0.310 e. The van der Waals surface area contributed by atoms with Gasteiger partial charge in [0.15, 0.2) is 5.78 Å². The number of carbonyl (C=O) groups is 1. The summed E-state index contributed by atoms with van der Waals surface area (Å²) in [7, 11) is 0. The number of Topliss-reactive ketones (excluding diaryl/α,β-unsaturated/α-hetero) is 1. The molecule has 0 aromatic carbocycles. The molecule has 1 rings (SSSR count). The molecule has 0 atom stereocenters. The highest BCUT2D eigenvalue weighted by molar-refractivity contribution is 9.10. The molecule has 3 nitrogen and oxygen atoms in total. The molecule has 1 aromatic heterocycles. The minimum absolute atomic E-state index is 0.179. The van der Waals surface area contributed by atoms with Crippen molar-refractivity contribution in [3.8, 4) is 0 Å². The second-order valence-corrected chi connectivity index (χ2v) is 4.28. The van der Waals surface area contributed by atoms with Gasteiger partial charge in [-0.15, -0.1) is 0 Å². The van der Waals surface area contributed by atoms with E-state index in [1.807, 2.05) is 12.1 Å². The molecular weight excluding hydrogens is 256 g/mol. The highest BCUT2D eigenvalue weighted by Gasteiger charge is 2.03. The van der Waals surface area contributed by atoms with E-state index in [0.29, 0.717) is 13.0 Å². The van der Waals surface area contributed by atoms with Crippen molar-refractivity contribution in [2.45, 2.75) is 19.8 Å². The number of nitrogens with one attached hydrogen (secondary N) is 1. The second kappa shape index (κ2) is 6.69. The van der Waals surface area contributed by atoms with Crippen molar-refractivity contribution in [2.24, 2.45) is 0 Å². The van der Waals surface area contributed by atoms with E-state index in [1.165, 1.54) is 0 Å². The van der Waals surface area contributed by atoms with Crippen molar-refractivity contribution < 1.29 is 4.79 Å². The number of aromatic nitrogens is 1. The summed E-state index contributed by atoms with van der Waals surface area (Å²) in [5, 5.41) is 3.08. The summed E-state index contributed by atoms with van der Waals surface area (Å²) in [4.78, 5) is 15.6. The van der Waals surface area contributed by atoms with Crippen molar-refractivity contribution in [1.29, 1.82) is 0 Å². The number of ketones is 1. The second-order valence-electron chi connectivity index (χ2n) is 3.36. The van der Waals surface area contributed by atoms with Gasteiger partial charge < -0.3 is 5.32 Å². The standard InChI is InChI=1S/C11H15BrN2O/c1-2-5-13-8-11(15)6-10-4-3-9(12)7-14-10/h3-4,7,13H,2,5-6,8H2,1H3. The van der Waals surface area contributed by atoms with Crippen LogP contribution in [0.15, 0.2) is 22.8 Å². The van der Waals surface area contributed by atoms with Gasteiger partial charge in [-0.05, 0) is 41.0 Å². The monoisotopic (exact) mass is 270 g/mol. The summed E-state index contributed by atoms with van der Waals surface area (Å²) in [6.07, 6.45) is 3.16. The molecule has 0 aliphatic rings. The van der Waals surface area contributed by atoms with Crippen LogP contribution in [0.1, 0.15) is 19.0 Å². The molecule has 0 fully saturated rings. The van der Waals surface area contributed by atoms with Crippen LogP contribution < -0.4 is 5.32 Å². The zero-order valence-corrected chi connectivity index (χ0v) is 10.4. The number of pyridine rings is 1. The van der Waals surface area contributed by atoms with Crippen LogP contribution in [-0.4, -0.2) is 23.9 Å². The molecular formula is C11H15BrN2O. The predicted molar refractivity (Wildman–Crippen MR) is 63.8 cm³/mol. The molecule has 0 bridgehead atoms. The fourth-order valence-corrected chi connectivity index (χ4v) is 1.41. The Kier molecular flexibility index (Phi) is 5.50. The fraction of sp³-hybridized carbons (Fsp3) is 0.455.